The van der Waals surface area contributed by atoms with Crippen molar-refractivity contribution in [3.63, 3.8) is 0 Å². The summed E-state index contributed by atoms with van der Waals surface area (Å²) in [5, 5.41) is 4.05. The molecule has 3 nitrogen and oxygen atoms in total. The molecule has 1 aliphatic heterocycles. The highest BCUT2D eigenvalue weighted by Gasteiger charge is 2.43. The van der Waals surface area contributed by atoms with Crippen LogP contribution in [0.2, 0.25) is 5.02 Å². The molecule has 1 aromatic carbocycles. The lowest BCUT2D eigenvalue weighted by atomic mass is 9.65. The van der Waals surface area contributed by atoms with Gasteiger partial charge in [0.05, 0.1) is 19.2 Å². The van der Waals surface area contributed by atoms with E-state index in [0.29, 0.717) is 28.4 Å². The Kier molecular flexibility index (Phi) is 6.38. The van der Waals surface area contributed by atoms with E-state index in [1.54, 1.807) is 20.3 Å². The molecule has 0 amide bonds. The zero-order valence-electron chi connectivity index (χ0n) is 15.4. The van der Waals surface area contributed by atoms with E-state index in [0.717, 1.165) is 5.56 Å². The lowest BCUT2D eigenvalue weighted by Crippen LogP contribution is -2.56. The highest BCUT2D eigenvalue weighted by Crippen LogP contribution is 2.48. The topological polar surface area (TPSA) is 30.5 Å². The molecule has 0 aliphatic carbocycles. The highest BCUT2D eigenvalue weighted by atomic mass is 35.5. The summed E-state index contributed by atoms with van der Waals surface area (Å²) in [6, 6.07) is 3.81. The molecule has 0 bridgehead atoms. The van der Waals surface area contributed by atoms with Gasteiger partial charge in [-0.15, -0.1) is 0 Å². The number of methoxy groups -OCH3 is 2. The first-order valence-corrected chi connectivity index (χ1v) is 8.96. The quantitative estimate of drug-likeness (QED) is 0.830. The number of halogens is 2. The van der Waals surface area contributed by atoms with E-state index in [1.165, 1.54) is 0 Å². The molecule has 0 spiro atoms. The van der Waals surface area contributed by atoms with Gasteiger partial charge in [-0.05, 0) is 42.2 Å². The van der Waals surface area contributed by atoms with E-state index >= 15 is 0 Å². The molecule has 1 heterocycles. The van der Waals surface area contributed by atoms with E-state index in [4.69, 9.17) is 21.1 Å². The minimum atomic E-state index is -0.383. The molecular weight excluding hydrogens is 329 g/mol. The third-order valence-electron chi connectivity index (χ3n) is 5.46. The molecule has 1 saturated heterocycles. The van der Waals surface area contributed by atoms with Crippen molar-refractivity contribution in [3.8, 4) is 11.5 Å². The van der Waals surface area contributed by atoms with Crippen LogP contribution in [0.15, 0.2) is 12.1 Å². The van der Waals surface area contributed by atoms with Crippen molar-refractivity contribution in [3.05, 3.63) is 22.7 Å². The molecule has 0 aromatic heterocycles. The Morgan fingerprint density at radius 1 is 1.21 bits per heavy atom. The van der Waals surface area contributed by atoms with Crippen LogP contribution in [0.4, 0.5) is 4.39 Å². The summed E-state index contributed by atoms with van der Waals surface area (Å²) in [5.41, 5.74) is 0.992. The summed E-state index contributed by atoms with van der Waals surface area (Å²) in [7, 11) is 3.23. The summed E-state index contributed by atoms with van der Waals surface area (Å²) >= 11 is 6.65. The van der Waals surface area contributed by atoms with Gasteiger partial charge in [-0.3, -0.25) is 0 Å². The molecule has 2 rings (SSSR count). The summed E-state index contributed by atoms with van der Waals surface area (Å²) in [4.78, 5) is 0. The maximum absolute atomic E-state index is 13.6. The van der Waals surface area contributed by atoms with Gasteiger partial charge >= 0.3 is 0 Å². The SMILES string of the molecule is COc1cc(OC)c(Cl)c(C2C(C)C(CF)NC(C)C2C(C)C)c1. The van der Waals surface area contributed by atoms with Crippen molar-refractivity contribution in [2.45, 2.75) is 45.7 Å². The maximum Gasteiger partial charge on any atom is 0.141 e. The first-order chi connectivity index (χ1) is 11.3. The van der Waals surface area contributed by atoms with Gasteiger partial charge in [0.2, 0.25) is 0 Å². The van der Waals surface area contributed by atoms with E-state index in [-0.39, 0.29) is 30.6 Å². The smallest absolute Gasteiger partial charge is 0.141 e. The van der Waals surface area contributed by atoms with Gasteiger partial charge in [0.15, 0.2) is 0 Å². The van der Waals surface area contributed by atoms with E-state index in [2.05, 4.69) is 33.0 Å². The van der Waals surface area contributed by atoms with Crippen LogP contribution in [-0.2, 0) is 0 Å². The number of alkyl halides is 1. The summed E-state index contributed by atoms with van der Waals surface area (Å²) < 4.78 is 24.4. The van der Waals surface area contributed by atoms with Crippen LogP contribution >= 0.6 is 11.6 Å². The first-order valence-electron chi connectivity index (χ1n) is 8.59. The molecular formula is C19H29ClFNO2. The van der Waals surface area contributed by atoms with Gasteiger partial charge in [-0.2, -0.15) is 0 Å². The number of ether oxygens (including phenoxy) is 2. The Hall–Kier alpha value is -1.00. The van der Waals surface area contributed by atoms with Crippen LogP contribution in [0.3, 0.4) is 0 Å². The highest BCUT2D eigenvalue weighted by molar-refractivity contribution is 6.33. The van der Waals surface area contributed by atoms with Crippen LogP contribution in [-0.4, -0.2) is 33.0 Å². The molecule has 0 radical (unpaired) electrons. The number of benzene rings is 1. The summed E-state index contributed by atoms with van der Waals surface area (Å²) in [5.74, 6) is 2.35. The van der Waals surface area contributed by atoms with Crippen molar-refractivity contribution in [1.82, 2.24) is 5.32 Å². The average molecular weight is 358 g/mol. The number of nitrogens with one attached hydrogen (secondary N) is 1. The van der Waals surface area contributed by atoms with Crippen LogP contribution in [0, 0.1) is 17.8 Å². The molecule has 5 heteroatoms. The van der Waals surface area contributed by atoms with Gasteiger partial charge in [0.1, 0.15) is 18.2 Å². The van der Waals surface area contributed by atoms with Crippen LogP contribution in [0.25, 0.3) is 0 Å². The number of hydrogen-bond donors (Lipinski definition) is 1. The fraction of sp³-hybridized carbons (Fsp3) is 0.684. The Morgan fingerprint density at radius 3 is 2.38 bits per heavy atom. The van der Waals surface area contributed by atoms with E-state index in [9.17, 15) is 4.39 Å². The molecule has 1 aliphatic rings. The van der Waals surface area contributed by atoms with Crippen LogP contribution in [0.1, 0.15) is 39.2 Å². The second kappa shape index (κ2) is 7.92. The van der Waals surface area contributed by atoms with Gasteiger partial charge < -0.3 is 14.8 Å². The predicted molar refractivity (Wildman–Crippen MR) is 97.1 cm³/mol. The lowest BCUT2D eigenvalue weighted by Gasteiger charge is -2.48. The van der Waals surface area contributed by atoms with Crippen molar-refractivity contribution >= 4 is 11.6 Å². The zero-order valence-corrected chi connectivity index (χ0v) is 16.2. The maximum atomic E-state index is 13.6. The molecule has 136 valence electrons. The largest absolute Gasteiger partial charge is 0.497 e. The zero-order chi connectivity index (χ0) is 18.0. The molecule has 24 heavy (non-hydrogen) atoms. The van der Waals surface area contributed by atoms with E-state index < -0.39 is 0 Å². The van der Waals surface area contributed by atoms with Crippen molar-refractivity contribution in [1.29, 1.82) is 0 Å². The molecule has 5 atom stereocenters. The second-order valence-corrected chi connectivity index (χ2v) is 7.53. The lowest BCUT2D eigenvalue weighted by molar-refractivity contribution is 0.0971. The molecule has 1 aromatic rings. The third kappa shape index (κ3) is 3.50. The summed E-state index contributed by atoms with van der Waals surface area (Å²) in [6.07, 6.45) is 0. The predicted octanol–water partition coefficient (Wildman–Crippen LogP) is 4.68. The second-order valence-electron chi connectivity index (χ2n) is 7.16. The van der Waals surface area contributed by atoms with Crippen molar-refractivity contribution < 1.29 is 13.9 Å². The Balaban J connectivity index is 2.59. The Bertz CT molecular complexity index is 567. The monoisotopic (exact) mass is 357 g/mol. The van der Waals surface area contributed by atoms with Gasteiger partial charge in [0.25, 0.3) is 0 Å². The Morgan fingerprint density at radius 2 is 1.88 bits per heavy atom. The van der Waals surface area contributed by atoms with Crippen LogP contribution < -0.4 is 14.8 Å². The molecule has 1 N–H and O–H groups in total. The number of piperidine rings is 1. The van der Waals surface area contributed by atoms with Gasteiger partial charge in [-0.1, -0.05) is 32.4 Å². The minimum Gasteiger partial charge on any atom is -0.497 e. The van der Waals surface area contributed by atoms with Crippen molar-refractivity contribution in [2.75, 3.05) is 20.9 Å². The normalized spacial score (nSPS) is 30.5. The van der Waals surface area contributed by atoms with E-state index in [1.807, 2.05) is 6.07 Å². The van der Waals surface area contributed by atoms with Crippen molar-refractivity contribution in [2.24, 2.45) is 17.8 Å². The molecule has 1 fully saturated rings. The van der Waals surface area contributed by atoms with Crippen LogP contribution in [0.5, 0.6) is 11.5 Å². The minimum absolute atomic E-state index is 0.118. The fourth-order valence-electron chi connectivity index (χ4n) is 4.28. The number of rotatable bonds is 5. The third-order valence-corrected chi connectivity index (χ3v) is 5.87. The fourth-order valence-corrected chi connectivity index (χ4v) is 4.59. The number of hydrogen-bond acceptors (Lipinski definition) is 3. The van der Waals surface area contributed by atoms with Gasteiger partial charge in [0, 0.05) is 18.2 Å². The van der Waals surface area contributed by atoms with Gasteiger partial charge in [-0.25, -0.2) is 4.39 Å². The standard InChI is InChI=1S/C19H29ClFNO2/c1-10(2)17-12(4)22-15(9-21)11(3)18(17)14-7-13(23-5)8-16(24-6)19(14)20/h7-8,10-12,15,17-18,22H,9H2,1-6H3. The summed E-state index contributed by atoms with van der Waals surface area (Å²) in [6.45, 7) is 8.28. The first kappa shape index (κ1) is 19.3. The Labute approximate surface area is 149 Å². The molecule has 0 saturated carbocycles. The molecule has 5 unspecified atom stereocenters. The average Bonchev–Trinajstić information content (AvgIpc) is 2.56.